The van der Waals surface area contributed by atoms with E-state index in [-0.39, 0.29) is 63.6 Å². The van der Waals surface area contributed by atoms with Crippen LogP contribution in [0.15, 0.2) is 0 Å². The zero-order chi connectivity index (χ0) is 7.15. The van der Waals surface area contributed by atoms with Crippen molar-refractivity contribution in [1.82, 2.24) is 0 Å². The molecule has 0 radical (unpaired) electrons. The number of carboxylic acids is 2. The Morgan fingerprint density at radius 3 is 1.40 bits per heavy atom. The first-order valence-corrected chi connectivity index (χ1v) is 1.71. The summed E-state index contributed by atoms with van der Waals surface area (Å²) in [5, 5.41) is 14.7. The summed E-state index contributed by atoms with van der Waals surface area (Å²) in [5.74, 6) is -1.92. The molecule has 0 fully saturated rings. The number of rotatable bonds is 0. The fourth-order valence-electron chi connectivity index (χ4n) is 0. The largest absolute Gasteiger partial charge is 2.00 e. The molecule has 0 aliphatic heterocycles. The van der Waals surface area contributed by atoms with Crippen molar-refractivity contribution >= 4 is 72.7 Å². The van der Waals surface area contributed by atoms with Crippen LogP contribution >= 0.6 is 0 Å². The van der Waals surface area contributed by atoms with E-state index in [1.54, 1.807) is 0 Å². The third-order valence-electron chi connectivity index (χ3n) is 0. The number of carbonyl (C=O) groups is 2. The first-order valence-electron chi connectivity index (χ1n) is 1.71. The second kappa shape index (κ2) is 16.4. The van der Waals surface area contributed by atoms with Gasteiger partial charge in [-0.05, 0) is 0 Å². The Hall–Kier alpha value is 0.836. The van der Waals surface area contributed by atoms with E-state index in [2.05, 4.69) is 6.92 Å². The Morgan fingerprint density at radius 2 is 1.40 bits per heavy atom. The molecule has 0 aliphatic rings. The molecule has 52 valence electrons. The average Bonchev–Trinajstić information content (AvgIpc) is 1.25. The van der Waals surface area contributed by atoms with Crippen molar-refractivity contribution in [3.8, 4) is 0 Å². The van der Waals surface area contributed by atoms with Gasteiger partial charge in [-0.2, -0.15) is 0 Å². The predicted octanol–water partition coefficient (Wildman–Crippen LogP) is -0.541. The van der Waals surface area contributed by atoms with Crippen molar-refractivity contribution in [2.45, 2.75) is 6.92 Å². The Morgan fingerprint density at radius 1 is 1.40 bits per heavy atom. The molecule has 0 atom stereocenters. The van der Waals surface area contributed by atoms with Crippen LogP contribution in [-0.2, 0) is 9.59 Å². The van der Waals surface area contributed by atoms with Crippen molar-refractivity contribution in [2.24, 2.45) is 0 Å². The van der Waals surface area contributed by atoms with Crippen LogP contribution in [0.25, 0.3) is 0 Å². The van der Waals surface area contributed by atoms with E-state index in [0.717, 1.165) is 6.92 Å². The standard InChI is InChI=1S/C2H4O2.C2H3O2.Ca.Mg.2H/c2*1-2(3)4;;;;/h1H3,(H,3,4);1H2,(H,3,4);;;;/q;-1;2*+2;2*-1. The number of aliphatic carboxylic acids is 2. The summed E-state index contributed by atoms with van der Waals surface area (Å²) < 4.78 is 0. The van der Waals surface area contributed by atoms with Crippen molar-refractivity contribution in [3.63, 3.8) is 0 Å². The van der Waals surface area contributed by atoms with Crippen LogP contribution in [-0.4, -0.2) is 82.9 Å². The van der Waals surface area contributed by atoms with Crippen LogP contribution in [0, 0.1) is 6.92 Å². The summed E-state index contributed by atoms with van der Waals surface area (Å²) in [7, 11) is 0. The second-order valence-corrected chi connectivity index (χ2v) is 0.913. The van der Waals surface area contributed by atoms with Gasteiger partial charge in [0.2, 0.25) is 0 Å². The van der Waals surface area contributed by atoms with Gasteiger partial charge in [0.05, 0.1) is 0 Å². The molecule has 0 rings (SSSR count). The van der Waals surface area contributed by atoms with E-state index in [1.165, 1.54) is 0 Å². The van der Waals surface area contributed by atoms with Crippen molar-refractivity contribution < 1.29 is 22.7 Å². The molecule has 0 saturated heterocycles. The van der Waals surface area contributed by atoms with Crippen molar-refractivity contribution in [1.29, 1.82) is 0 Å². The van der Waals surface area contributed by atoms with Gasteiger partial charge in [-0.15, -0.1) is 0 Å². The van der Waals surface area contributed by atoms with Crippen LogP contribution < -0.4 is 0 Å². The van der Waals surface area contributed by atoms with Gasteiger partial charge < -0.3 is 13.1 Å². The normalized spacial score (nSPS) is 4.90. The minimum Gasteiger partial charge on any atom is -1.00 e. The molecule has 0 amide bonds. The molecule has 4 nitrogen and oxygen atoms in total. The van der Waals surface area contributed by atoms with Gasteiger partial charge in [-0.1, -0.05) is 0 Å². The topological polar surface area (TPSA) is 74.6 Å². The minimum absolute atomic E-state index is 0. The molecule has 0 aromatic carbocycles. The maximum Gasteiger partial charge on any atom is 2.00 e. The van der Waals surface area contributed by atoms with Gasteiger partial charge in [-0.25, -0.2) is 0 Å². The number of hydrogen-bond donors (Lipinski definition) is 2. The Balaban J connectivity index is -0.0000000112. The molecular formula is C4H9CaMgO4+. The van der Waals surface area contributed by atoms with Gasteiger partial charge in [0.15, 0.2) is 5.97 Å². The molecule has 10 heavy (non-hydrogen) atoms. The van der Waals surface area contributed by atoms with Gasteiger partial charge in [0.1, 0.15) is 0 Å². The summed E-state index contributed by atoms with van der Waals surface area (Å²) in [6.45, 7) is 3.64. The van der Waals surface area contributed by atoms with E-state index in [4.69, 9.17) is 19.8 Å². The molecule has 6 heteroatoms. The summed E-state index contributed by atoms with van der Waals surface area (Å²) >= 11 is 0. The molecule has 0 heterocycles. The zero-order valence-electron chi connectivity index (χ0n) is 7.83. The Labute approximate surface area is 108 Å². The third kappa shape index (κ3) is 776. The van der Waals surface area contributed by atoms with Crippen molar-refractivity contribution in [2.75, 3.05) is 0 Å². The van der Waals surface area contributed by atoms with Gasteiger partial charge >= 0.3 is 60.8 Å². The van der Waals surface area contributed by atoms with Gasteiger partial charge in [-0.3, -0.25) is 16.5 Å². The minimum atomic E-state index is -1.08. The first kappa shape index (κ1) is 22.4. The molecule has 0 aliphatic carbocycles. The molecular weight excluding hydrogens is 176 g/mol. The molecule has 2 N–H and O–H groups in total. The molecule has 0 unspecified atom stereocenters. The van der Waals surface area contributed by atoms with Crippen molar-refractivity contribution in [3.05, 3.63) is 6.92 Å². The maximum atomic E-state index is 9.00. The molecule has 0 bridgehead atoms. The quantitative estimate of drug-likeness (QED) is 0.393. The third-order valence-corrected chi connectivity index (χ3v) is 0. The van der Waals surface area contributed by atoms with E-state index in [9.17, 15) is 0 Å². The summed E-state index contributed by atoms with van der Waals surface area (Å²) in [5.41, 5.74) is 0. The maximum absolute atomic E-state index is 9.00. The fourth-order valence-corrected chi connectivity index (χ4v) is 0. The smallest absolute Gasteiger partial charge is 1.00 e. The van der Waals surface area contributed by atoms with E-state index < -0.39 is 11.9 Å². The molecule has 0 aromatic rings. The molecule has 0 saturated carbocycles. The van der Waals surface area contributed by atoms with E-state index in [1.807, 2.05) is 0 Å². The predicted molar refractivity (Wildman–Crippen MR) is 40.0 cm³/mol. The molecule has 0 spiro atoms. The van der Waals surface area contributed by atoms with Crippen LogP contribution in [0.5, 0.6) is 0 Å². The monoisotopic (exact) mass is 185 g/mol. The Kier molecular flexibility index (Phi) is 36.9. The van der Waals surface area contributed by atoms with Gasteiger partial charge in [0.25, 0.3) is 5.97 Å². The zero-order valence-corrected chi connectivity index (χ0v) is 9.45. The van der Waals surface area contributed by atoms with Crippen LogP contribution in [0.3, 0.4) is 0 Å². The average molecular weight is 185 g/mol. The first-order chi connectivity index (χ1) is 3.46. The van der Waals surface area contributed by atoms with Gasteiger partial charge in [0, 0.05) is 6.92 Å². The van der Waals surface area contributed by atoms with E-state index in [0.29, 0.717) is 0 Å². The summed E-state index contributed by atoms with van der Waals surface area (Å²) in [4.78, 5) is 17.9. The van der Waals surface area contributed by atoms with Crippen LogP contribution in [0.1, 0.15) is 9.78 Å². The SMILES string of the molecule is CC(=O)O.[CH2-]C(=O)O.[Ca+2].[H-].[H-].[Mg+2]. The van der Waals surface area contributed by atoms with Crippen LogP contribution in [0.2, 0.25) is 0 Å². The Bertz CT molecular complexity index is 83.1. The number of hydrogen-bond acceptors (Lipinski definition) is 2. The summed E-state index contributed by atoms with van der Waals surface area (Å²) in [6.07, 6.45) is 0. The van der Waals surface area contributed by atoms with Crippen LogP contribution in [0.4, 0.5) is 0 Å². The van der Waals surface area contributed by atoms with E-state index >= 15 is 0 Å². The second-order valence-electron chi connectivity index (χ2n) is 0.913. The summed E-state index contributed by atoms with van der Waals surface area (Å²) in [6, 6.07) is 0. The molecule has 0 aromatic heterocycles. The fraction of sp³-hybridized carbons (Fsp3) is 0.250. The number of carboxylic acid groups (broad SMARTS) is 2.